The first-order chi connectivity index (χ1) is 12.0. The van der Waals surface area contributed by atoms with Crippen LogP contribution >= 0.6 is 31.9 Å². The Bertz CT molecular complexity index is 874. The van der Waals surface area contributed by atoms with Gasteiger partial charge < -0.3 is 14.9 Å². The van der Waals surface area contributed by atoms with Crippen molar-refractivity contribution in [3.8, 4) is 17.1 Å². The number of phenolic OH excluding ortho intramolecular Hbond substituents is 1. The van der Waals surface area contributed by atoms with E-state index in [1.54, 1.807) is 12.1 Å². The van der Waals surface area contributed by atoms with Crippen LogP contribution in [0.15, 0.2) is 55.9 Å². The second-order valence-corrected chi connectivity index (χ2v) is 6.95. The van der Waals surface area contributed by atoms with Crippen molar-refractivity contribution in [2.24, 2.45) is 0 Å². The van der Waals surface area contributed by atoms with E-state index < -0.39 is 0 Å². The van der Waals surface area contributed by atoms with E-state index >= 15 is 0 Å². The lowest BCUT2D eigenvalue weighted by Crippen LogP contribution is -2.24. The molecule has 8 heteroatoms. The van der Waals surface area contributed by atoms with Gasteiger partial charge in [0, 0.05) is 12.1 Å². The molecule has 1 aromatic heterocycles. The maximum Gasteiger partial charge on any atom is 0.236 e. The summed E-state index contributed by atoms with van der Waals surface area (Å²) >= 11 is 6.51. The van der Waals surface area contributed by atoms with E-state index in [0.29, 0.717) is 26.9 Å². The summed E-state index contributed by atoms with van der Waals surface area (Å²) in [6.07, 6.45) is 0.000254. The first-order valence-corrected chi connectivity index (χ1v) is 8.93. The fourth-order valence-electron chi connectivity index (χ4n) is 2.13. The van der Waals surface area contributed by atoms with Crippen molar-refractivity contribution in [1.82, 2.24) is 15.5 Å². The van der Waals surface area contributed by atoms with Crippen molar-refractivity contribution in [2.45, 2.75) is 13.0 Å². The Kier molecular flexibility index (Phi) is 5.50. The van der Waals surface area contributed by atoms with E-state index in [0.717, 1.165) is 5.56 Å². The highest BCUT2D eigenvalue weighted by atomic mass is 79.9. The first kappa shape index (κ1) is 17.6. The molecule has 0 radical (unpaired) electrons. The van der Waals surface area contributed by atoms with Crippen molar-refractivity contribution in [3.63, 3.8) is 0 Å². The van der Waals surface area contributed by atoms with Crippen LogP contribution in [0.4, 0.5) is 0 Å². The molecule has 128 valence electrons. The number of hydrogen-bond acceptors (Lipinski definition) is 5. The lowest BCUT2D eigenvalue weighted by atomic mass is 10.2. The van der Waals surface area contributed by atoms with Crippen LogP contribution in [-0.2, 0) is 17.8 Å². The number of rotatable bonds is 5. The minimum absolute atomic E-state index is 0.000254. The molecule has 6 nitrogen and oxygen atoms in total. The summed E-state index contributed by atoms with van der Waals surface area (Å²) in [6.45, 7) is 0.443. The van der Waals surface area contributed by atoms with Gasteiger partial charge in [-0.25, -0.2) is 0 Å². The van der Waals surface area contributed by atoms with E-state index in [2.05, 4.69) is 47.3 Å². The molecule has 1 heterocycles. The number of carbonyl (C=O) groups excluding carboxylic acids is 1. The molecule has 0 fully saturated rings. The quantitative estimate of drug-likeness (QED) is 0.596. The van der Waals surface area contributed by atoms with Gasteiger partial charge in [0.2, 0.25) is 17.6 Å². The Morgan fingerprint density at radius 2 is 1.84 bits per heavy atom. The van der Waals surface area contributed by atoms with Crippen LogP contribution in [-0.4, -0.2) is 21.2 Å². The lowest BCUT2D eigenvalue weighted by Gasteiger charge is -2.03. The minimum atomic E-state index is -0.202. The Morgan fingerprint density at radius 1 is 1.16 bits per heavy atom. The van der Waals surface area contributed by atoms with Gasteiger partial charge in [-0.3, -0.25) is 4.79 Å². The van der Waals surface area contributed by atoms with Crippen LogP contribution in [0.1, 0.15) is 11.5 Å². The molecular formula is C17H13Br2N3O3. The van der Waals surface area contributed by atoms with E-state index in [-0.39, 0.29) is 24.0 Å². The van der Waals surface area contributed by atoms with Crippen LogP contribution in [0.5, 0.6) is 5.75 Å². The average molecular weight is 467 g/mol. The maximum atomic E-state index is 12.0. The predicted octanol–water partition coefficient (Wildman–Crippen LogP) is 3.83. The van der Waals surface area contributed by atoms with Crippen molar-refractivity contribution >= 4 is 37.8 Å². The van der Waals surface area contributed by atoms with Gasteiger partial charge in [0.15, 0.2) is 0 Å². The van der Waals surface area contributed by atoms with Crippen molar-refractivity contribution in [1.29, 1.82) is 0 Å². The number of carbonyl (C=O) groups is 1. The Morgan fingerprint density at radius 3 is 2.52 bits per heavy atom. The summed E-state index contributed by atoms with van der Waals surface area (Å²) in [7, 11) is 0. The molecule has 2 N–H and O–H groups in total. The molecule has 0 aliphatic carbocycles. The van der Waals surface area contributed by atoms with E-state index in [9.17, 15) is 9.90 Å². The highest BCUT2D eigenvalue weighted by Gasteiger charge is 2.15. The number of aromatic nitrogens is 2. The van der Waals surface area contributed by atoms with Gasteiger partial charge in [-0.05, 0) is 49.6 Å². The van der Waals surface area contributed by atoms with E-state index in [1.165, 1.54) is 0 Å². The fourth-order valence-corrected chi connectivity index (χ4v) is 3.32. The minimum Gasteiger partial charge on any atom is -0.506 e. The van der Waals surface area contributed by atoms with E-state index in [4.69, 9.17) is 4.52 Å². The SMILES string of the molecule is O=C(Cc1nc(-c2cc(Br)c(O)c(Br)c2)no1)NCc1ccccc1. The highest BCUT2D eigenvalue weighted by Crippen LogP contribution is 2.36. The third kappa shape index (κ3) is 4.46. The van der Waals surface area contributed by atoms with Crippen LogP contribution in [0.2, 0.25) is 0 Å². The van der Waals surface area contributed by atoms with E-state index in [1.807, 2.05) is 30.3 Å². The Hall–Kier alpha value is -2.19. The van der Waals surface area contributed by atoms with Gasteiger partial charge in [-0.15, -0.1) is 0 Å². The predicted molar refractivity (Wildman–Crippen MR) is 98.8 cm³/mol. The molecule has 0 saturated carbocycles. The first-order valence-electron chi connectivity index (χ1n) is 7.34. The van der Waals surface area contributed by atoms with Crippen LogP contribution in [0.3, 0.4) is 0 Å². The second-order valence-electron chi connectivity index (χ2n) is 5.24. The van der Waals surface area contributed by atoms with Gasteiger partial charge in [-0.2, -0.15) is 4.98 Å². The molecule has 0 unspecified atom stereocenters. The summed E-state index contributed by atoms with van der Waals surface area (Å²) < 4.78 is 6.14. The third-order valence-electron chi connectivity index (χ3n) is 3.39. The van der Waals surface area contributed by atoms with Crippen LogP contribution in [0.25, 0.3) is 11.4 Å². The molecule has 2 aromatic carbocycles. The molecular weight excluding hydrogens is 454 g/mol. The van der Waals surface area contributed by atoms with Crippen molar-refractivity contribution < 1.29 is 14.4 Å². The molecule has 0 aliphatic rings. The molecule has 0 atom stereocenters. The number of nitrogens with one attached hydrogen (secondary N) is 1. The summed E-state index contributed by atoms with van der Waals surface area (Å²) in [5, 5.41) is 16.4. The van der Waals surface area contributed by atoms with Crippen molar-refractivity contribution in [2.75, 3.05) is 0 Å². The molecule has 0 bridgehead atoms. The number of halogens is 2. The summed E-state index contributed by atoms with van der Waals surface area (Å²) in [5.74, 6) is 0.452. The molecule has 3 aromatic rings. The lowest BCUT2D eigenvalue weighted by molar-refractivity contribution is -0.120. The van der Waals surface area contributed by atoms with Gasteiger partial charge in [0.1, 0.15) is 12.2 Å². The van der Waals surface area contributed by atoms with Crippen LogP contribution < -0.4 is 5.32 Å². The normalized spacial score (nSPS) is 10.6. The number of amides is 1. The van der Waals surface area contributed by atoms with Gasteiger partial charge in [0.25, 0.3) is 0 Å². The molecule has 25 heavy (non-hydrogen) atoms. The van der Waals surface area contributed by atoms with Gasteiger partial charge in [-0.1, -0.05) is 35.5 Å². The average Bonchev–Trinajstić information content (AvgIpc) is 3.07. The van der Waals surface area contributed by atoms with Crippen molar-refractivity contribution in [3.05, 3.63) is 62.9 Å². The number of benzene rings is 2. The smallest absolute Gasteiger partial charge is 0.236 e. The highest BCUT2D eigenvalue weighted by molar-refractivity contribution is 9.11. The second kappa shape index (κ2) is 7.79. The third-order valence-corrected chi connectivity index (χ3v) is 4.60. The summed E-state index contributed by atoms with van der Waals surface area (Å²) in [4.78, 5) is 16.2. The number of hydrogen-bond donors (Lipinski definition) is 2. The Balaban J connectivity index is 1.64. The summed E-state index contributed by atoms with van der Waals surface area (Å²) in [5.41, 5.74) is 1.66. The monoisotopic (exact) mass is 465 g/mol. The number of nitrogens with zero attached hydrogens (tertiary/aromatic N) is 2. The molecule has 0 spiro atoms. The molecule has 1 amide bonds. The van der Waals surface area contributed by atoms with Gasteiger partial charge in [0.05, 0.1) is 8.95 Å². The zero-order valence-electron chi connectivity index (χ0n) is 12.9. The number of phenols is 1. The standard InChI is InChI=1S/C17H13Br2N3O3/c18-12-6-11(7-13(19)16(12)24)17-21-15(25-22-17)8-14(23)20-9-10-4-2-1-3-5-10/h1-7,24H,8-9H2,(H,20,23). The molecule has 0 aliphatic heterocycles. The largest absolute Gasteiger partial charge is 0.506 e. The zero-order valence-corrected chi connectivity index (χ0v) is 16.0. The topological polar surface area (TPSA) is 88.2 Å². The fraction of sp³-hybridized carbons (Fsp3) is 0.118. The Labute approximate surface area is 160 Å². The molecule has 0 saturated heterocycles. The van der Waals surface area contributed by atoms with Gasteiger partial charge >= 0.3 is 0 Å². The van der Waals surface area contributed by atoms with Crippen LogP contribution in [0, 0.1) is 0 Å². The zero-order chi connectivity index (χ0) is 17.8. The molecule has 3 rings (SSSR count). The summed E-state index contributed by atoms with van der Waals surface area (Å²) in [6, 6.07) is 13.0. The maximum absolute atomic E-state index is 12.0. The number of aromatic hydroxyl groups is 1.